The van der Waals surface area contributed by atoms with E-state index in [1.807, 2.05) is 62.4 Å². The summed E-state index contributed by atoms with van der Waals surface area (Å²) in [6, 6.07) is 20.0. The van der Waals surface area contributed by atoms with Gasteiger partial charge in [0.2, 0.25) is 0 Å². The minimum Gasteiger partial charge on any atom is -0.362 e. The zero-order chi connectivity index (χ0) is 15.5. The Kier molecular flexibility index (Phi) is 3.92. The van der Waals surface area contributed by atoms with Gasteiger partial charge < -0.3 is 4.98 Å². The number of carbonyl (C=O) groups excluding carboxylic acids is 1. The van der Waals surface area contributed by atoms with E-state index in [1.54, 1.807) is 0 Å². The number of carbonyl (C=O) groups is 1. The molecule has 1 N–H and O–H groups in total. The molecule has 2 heteroatoms. The van der Waals surface area contributed by atoms with Crippen LogP contribution in [0.1, 0.15) is 38.4 Å². The summed E-state index contributed by atoms with van der Waals surface area (Å²) in [4.78, 5) is 16.1. The summed E-state index contributed by atoms with van der Waals surface area (Å²) in [6.45, 7) is 3.92. The molecule has 0 aliphatic carbocycles. The summed E-state index contributed by atoms with van der Waals surface area (Å²) in [5.74, 6) is 0.0911. The molecule has 2 aromatic carbocycles. The number of hydrogen-bond acceptors (Lipinski definition) is 1. The third-order valence-corrected chi connectivity index (χ3v) is 3.89. The molecule has 0 aliphatic heterocycles. The maximum Gasteiger partial charge on any atom is 0.195 e. The minimum atomic E-state index is 0.0911. The van der Waals surface area contributed by atoms with E-state index in [2.05, 4.69) is 17.1 Å². The van der Waals surface area contributed by atoms with Crippen LogP contribution in [-0.2, 0) is 6.42 Å². The molecule has 0 aliphatic rings. The van der Waals surface area contributed by atoms with E-state index in [0.29, 0.717) is 0 Å². The van der Waals surface area contributed by atoms with Crippen LogP contribution in [0.5, 0.6) is 0 Å². The van der Waals surface area contributed by atoms with Gasteiger partial charge in [-0.1, -0.05) is 54.6 Å². The highest BCUT2D eigenvalue weighted by atomic mass is 16.1. The number of aromatic amines is 1. The van der Waals surface area contributed by atoms with Crippen molar-refractivity contribution < 1.29 is 4.79 Å². The normalized spacial score (nSPS) is 10.6. The van der Waals surface area contributed by atoms with Crippen molar-refractivity contribution in [2.75, 3.05) is 0 Å². The van der Waals surface area contributed by atoms with Crippen molar-refractivity contribution in [1.29, 1.82) is 0 Å². The first-order valence-electron chi connectivity index (χ1n) is 7.48. The summed E-state index contributed by atoms with van der Waals surface area (Å²) < 4.78 is 0. The van der Waals surface area contributed by atoms with E-state index in [-0.39, 0.29) is 5.78 Å². The molecule has 0 bridgehead atoms. The number of hydrogen-bond donors (Lipinski definition) is 1. The predicted octanol–water partition coefficient (Wildman–Crippen LogP) is 4.45. The minimum absolute atomic E-state index is 0.0911. The molecule has 0 saturated heterocycles. The van der Waals surface area contributed by atoms with Crippen LogP contribution in [0.25, 0.3) is 0 Å². The van der Waals surface area contributed by atoms with E-state index >= 15 is 0 Å². The lowest BCUT2D eigenvalue weighted by atomic mass is 9.94. The van der Waals surface area contributed by atoms with Gasteiger partial charge in [-0.3, -0.25) is 4.79 Å². The Hall–Kier alpha value is -2.61. The van der Waals surface area contributed by atoms with Gasteiger partial charge in [0.05, 0.1) is 0 Å². The molecular formula is C20H19NO. The average Bonchev–Trinajstić information content (AvgIpc) is 2.87. The Morgan fingerprint density at radius 2 is 1.59 bits per heavy atom. The fourth-order valence-electron chi connectivity index (χ4n) is 2.82. The van der Waals surface area contributed by atoms with Crippen LogP contribution >= 0.6 is 0 Å². The van der Waals surface area contributed by atoms with Gasteiger partial charge in [-0.05, 0) is 37.5 Å². The summed E-state index contributed by atoms with van der Waals surface area (Å²) in [5, 5.41) is 0. The quantitative estimate of drug-likeness (QED) is 0.707. The largest absolute Gasteiger partial charge is 0.362 e. The molecule has 2 nitrogen and oxygen atoms in total. The molecule has 22 heavy (non-hydrogen) atoms. The summed E-state index contributed by atoms with van der Waals surface area (Å²) >= 11 is 0. The van der Waals surface area contributed by atoms with Crippen LogP contribution in [-0.4, -0.2) is 10.8 Å². The highest BCUT2D eigenvalue weighted by Gasteiger charge is 2.16. The second kappa shape index (κ2) is 6.02. The maximum atomic E-state index is 12.9. The van der Waals surface area contributed by atoms with Crippen LogP contribution in [0.2, 0.25) is 0 Å². The number of aromatic nitrogens is 1. The number of rotatable bonds is 4. The van der Waals surface area contributed by atoms with Gasteiger partial charge in [-0.2, -0.15) is 0 Å². The fraction of sp³-hybridized carbons (Fsp3) is 0.150. The van der Waals surface area contributed by atoms with Crippen molar-refractivity contribution >= 4 is 5.78 Å². The summed E-state index contributed by atoms with van der Waals surface area (Å²) in [5.41, 5.74) is 5.77. The molecule has 1 heterocycles. The Bertz CT molecular complexity index is 800. The van der Waals surface area contributed by atoms with E-state index in [1.165, 1.54) is 5.56 Å². The van der Waals surface area contributed by atoms with E-state index in [0.717, 1.165) is 34.5 Å². The first-order chi connectivity index (χ1) is 10.6. The molecule has 3 aromatic rings. The van der Waals surface area contributed by atoms with Gasteiger partial charge in [0, 0.05) is 22.5 Å². The molecule has 3 rings (SSSR count). The van der Waals surface area contributed by atoms with Crippen molar-refractivity contribution in [3.8, 4) is 0 Å². The second-order valence-electron chi connectivity index (χ2n) is 5.64. The Balaban J connectivity index is 1.98. The zero-order valence-electron chi connectivity index (χ0n) is 12.9. The van der Waals surface area contributed by atoms with Gasteiger partial charge in [-0.25, -0.2) is 0 Å². The lowest BCUT2D eigenvalue weighted by Crippen LogP contribution is -2.06. The molecule has 110 valence electrons. The molecular weight excluding hydrogens is 270 g/mol. The summed E-state index contributed by atoms with van der Waals surface area (Å²) in [6.07, 6.45) is 0.769. The lowest BCUT2D eigenvalue weighted by Gasteiger charge is -2.09. The van der Waals surface area contributed by atoms with Gasteiger partial charge in [0.25, 0.3) is 0 Å². The molecule has 0 radical (unpaired) electrons. The lowest BCUT2D eigenvalue weighted by molar-refractivity contribution is 0.103. The SMILES string of the molecule is Cc1cc(C(=O)c2ccccc2Cc2ccccc2)c(C)[nH]1. The van der Waals surface area contributed by atoms with Crippen molar-refractivity contribution in [2.45, 2.75) is 20.3 Å². The van der Waals surface area contributed by atoms with Gasteiger partial charge in [0.15, 0.2) is 5.78 Å². The molecule has 1 aromatic heterocycles. The molecule has 0 atom stereocenters. The van der Waals surface area contributed by atoms with Crippen molar-refractivity contribution in [2.24, 2.45) is 0 Å². The topological polar surface area (TPSA) is 32.9 Å². The number of H-pyrrole nitrogens is 1. The fourth-order valence-corrected chi connectivity index (χ4v) is 2.82. The van der Waals surface area contributed by atoms with Crippen molar-refractivity contribution in [3.05, 3.63) is 94.3 Å². The monoisotopic (exact) mass is 289 g/mol. The maximum absolute atomic E-state index is 12.9. The first kappa shape index (κ1) is 14.3. The number of benzene rings is 2. The third kappa shape index (κ3) is 2.86. The number of nitrogens with one attached hydrogen (secondary N) is 1. The second-order valence-corrected chi connectivity index (χ2v) is 5.64. The van der Waals surface area contributed by atoms with Gasteiger partial charge >= 0.3 is 0 Å². The Morgan fingerprint density at radius 1 is 0.909 bits per heavy atom. The number of aryl methyl sites for hydroxylation is 2. The molecule has 0 unspecified atom stereocenters. The van der Waals surface area contributed by atoms with Gasteiger partial charge in [0.1, 0.15) is 0 Å². The van der Waals surface area contributed by atoms with Crippen molar-refractivity contribution in [3.63, 3.8) is 0 Å². The molecule has 0 spiro atoms. The third-order valence-electron chi connectivity index (χ3n) is 3.89. The molecule has 0 saturated carbocycles. The molecule has 0 amide bonds. The highest BCUT2D eigenvalue weighted by molar-refractivity contribution is 6.10. The van der Waals surface area contributed by atoms with Crippen LogP contribution < -0.4 is 0 Å². The molecule has 0 fully saturated rings. The van der Waals surface area contributed by atoms with Crippen LogP contribution in [0, 0.1) is 13.8 Å². The van der Waals surface area contributed by atoms with Crippen LogP contribution in [0.3, 0.4) is 0 Å². The first-order valence-corrected chi connectivity index (χ1v) is 7.48. The highest BCUT2D eigenvalue weighted by Crippen LogP contribution is 2.20. The van der Waals surface area contributed by atoms with E-state index in [4.69, 9.17) is 0 Å². The Labute approximate surface area is 130 Å². The smallest absolute Gasteiger partial charge is 0.195 e. The Morgan fingerprint density at radius 3 is 2.27 bits per heavy atom. The van der Waals surface area contributed by atoms with Crippen LogP contribution in [0.15, 0.2) is 60.7 Å². The van der Waals surface area contributed by atoms with E-state index in [9.17, 15) is 4.79 Å². The van der Waals surface area contributed by atoms with E-state index < -0.39 is 0 Å². The zero-order valence-corrected chi connectivity index (χ0v) is 12.9. The summed E-state index contributed by atoms with van der Waals surface area (Å²) in [7, 11) is 0. The standard InChI is InChI=1S/C20H19NO/c1-14-12-19(15(2)21-14)20(22)18-11-7-6-10-17(18)13-16-8-4-3-5-9-16/h3-12,21H,13H2,1-2H3. The van der Waals surface area contributed by atoms with Gasteiger partial charge in [-0.15, -0.1) is 0 Å². The van der Waals surface area contributed by atoms with Crippen molar-refractivity contribution in [1.82, 2.24) is 4.98 Å². The number of ketones is 1. The van der Waals surface area contributed by atoms with Crippen LogP contribution in [0.4, 0.5) is 0 Å². The predicted molar refractivity (Wildman–Crippen MR) is 89.4 cm³/mol. The average molecular weight is 289 g/mol.